The van der Waals surface area contributed by atoms with Gasteiger partial charge in [-0.25, -0.2) is 4.99 Å². The summed E-state index contributed by atoms with van der Waals surface area (Å²) in [5.74, 6) is 1.68. The lowest BCUT2D eigenvalue weighted by Gasteiger charge is -2.14. The van der Waals surface area contributed by atoms with Gasteiger partial charge >= 0.3 is 0 Å². The van der Waals surface area contributed by atoms with Gasteiger partial charge in [-0.15, -0.1) is 0 Å². The highest BCUT2D eigenvalue weighted by Crippen LogP contribution is 2.14. The molecule has 0 atom stereocenters. The molecule has 0 heterocycles. The summed E-state index contributed by atoms with van der Waals surface area (Å²) in [6, 6.07) is 18.2. The van der Waals surface area contributed by atoms with E-state index in [4.69, 9.17) is 4.74 Å². The molecule has 0 aliphatic heterocycles. The lowest BCUT2D eigenvalue weighted by Crippen LogP contribution is -2.39. The summed E-state index contributed by atoms with van der Waals surface area (Å²) in [6.07, 6.45) is 0. The Morgan fingerprint density at radius 3 is 2.56 bits per heavy atom. The average Bonchev–Trinajstić information content (AvgIpc) is 2.64. The van der Waals surface area contributed by atoms with Gasteiger partial charge in [-0.3, -0.25) is 0 Å². The molecule has 0 saturated carbocycles. The number of anilines is 1. The Kier molecular flexibility index (Phi) is 7.63. The van der Waals surface area contributed by atoms with Gasteiger partial charge < -0.3 is 20.3 Å². The van der Waals surface area contributed by atoms with Gasteiger partial charge in [-0.05, 0) is 36.8 Å². The summed E-state index contributed by atoms with van der Waals surface area (Å²) in [7, 11) is 4.08. The van der Waals surface area contributed by atoms with Crippen molar-refractivity contribution in [2.24, 2.45) is 4.99 Å². The first kappa shape index (κ1) is 18.6. The molecule has 134 valence electrons. The molecule has 0 radical (unpaired) electrons. The van der Waals surface area contributed by atoms with E-state index < -0.39 is 0 Å². The number of guanidine groups is 1. The molecule has 25 heavy (non-hydrogen) atoms. The van der Waals surface area contributed by atoms with Crippen molar-refractivity contribution in [1.82, 2.24) is 10.6 Å². The van der Waals surface area contributed by atoms with E-state index in [1.165, 1.54) is 11.3 Å². The SMILES string of the molecule is CCNC(=NCc1cccc(N(C)C)c1)NCCOc1ccccc1. The molecule has 5 nitrogen and oxygen atoms in total. The smallest absolute Gasteiger partial charge is 0.191 e. The van der Waals surface area contributed by atoms with Crippen molar-refractivity contribution in [3.63, 3.8) is 0 Å². The minimum atomic E-state index is 0.588. The second-order valence-electron chi connectivity index (χ2n) is 5.85. The first-order chi connectivity index (χ1) is 12.2. The molecule has 5 heteroatoms. The molecule has 0 amide bonds. The van der Waals surface area contributed by atoms with Crippen LogP contribution in [0.1, 0.15) is 12.5 Å². The van der Waals surface area contributed by atoms with E-state index in [0.717, 1.165) is 18.3 Å². The van der Waals surface area contributed by atoms with E-state index in [0.29, 0.717) is 19.7 Å². The quantitative estimate of drug-likeness (QED) is 0.441. The van der Waals surface area contributed by atoms with Gasteiger partial charge in [0.25, 0.3) is 0 Å². The van der Waals surface area contributed by atoms with E-state index >= 15 is 0 Å². The largest absolute Gasteiger partial charge is 0.492 e. The topological polar surface area (TPSA) is 48.9 Å². The van der Waals surface area contributed by atoms with Gasteiger partial charge in [0, 0.05) is 26.3 Å². The van der Waals surface area contributed by atoms with Crippen LogP contribution in [0.4, 0.5) is 5.69 Å². The zero-order valence-electron chi connectivity index (χ0n) is 15.3. The van der Waals surface area contributed by atoms with Crippen LogP contribution in [0.2, 0.25) is 0 Å². The molecule has 0 saturated heterocycles. The number of ether oxygens (including phenoxy) is 1. The molecule has 2 aromatic rings. The molecule has 0 bridgehead atoms. The van der Waals surface area contributed by atoms with Crippen LogP contribution in [0.15, 0.2) is 59.6 Å². The van der Waals surface area contributed by atoms with Crippen molar-refractivity contribution in [3.8, 4) is 5.75 Å². The lowest BCUT2D eigenvalue weighted by molar-refractivity contribution is 0.322. The van der Waals surface area contributed by atoms with Gasteiger partial charge in [0.2, 0.25) is 0 Å². The van der Waals surface area contributed by atoms with Crippen molar-refractivity contribution in [2.45, 2.75) is 13.5 Å². The number of para-hydroxylation sites is 1. The minimum Gasteiger partial charge on any atom is -0.492 e. The summed E-state index contributed by atoms with van der Waals surface area (Å²) in [5, 5.41) is 6.56. The Morgan fingerprint density at radius 1 is 1.04 bits per heavy atom. The Labute approximate surface area is 150 Å². The maximum Gasteiger partial charge on any atom is 0.191 e. The van der Waals surface area contributed by atoms with Gasteiger partial charge in [0.15, 0.2) is 5.96 Å². The van der Waals surface area contributed by atoms with Gasteiger partial charge in [-0.2, -0.15) is 0 Å². The molecule has 2 N–H and O–H groups in total. The van der Waals surface area contributed by atoms with Gasteiger partial charge in [0.1, 0.15) is 12.4 Å². The molecule has 2 aromatic carbocycles. The maximum absolute atomic E-state index is 5.69. The highest BCUT2D eigenvalue weighted by molar-refractivity contribution is 5.79. The van der Waals surface area contributed by atoms with Crippen LogP contribution in [0, 0.1) is 0 Å². The summed E-state index contributed by atoms with van der Waals surface area (Å²) < 4.78 is 5.69. The normalized spacial score (nSPS) is 11.1. The maximum atomic E-state index is 5.69. The van der Waals surface area contributed by atoms with E-state index in [2.05, 4.69) is 51.7 Å². The van der Waals surface area contributed by atoms with Crippen molar-refractivity contribution in [2.75, 3.05) is 38.7 Å². The summed E-state index contributed by atoms with van der Waals surface area (Å²) >= 11 is 0. The highest BCUT2D eigenvalue weighted by atomic mass is 16.5. The predicted octanol–water partition coefficient (Wildman–Crippen LogP) is 2.89. The van der Waals surface area contributed by atoms with E-state index in [1.54, 1.807) is 0 Å². The summed E-state index contributed by atoms with van der Waals surface area (Å²) in [6.45, 7) is 4.80. The van der Waals surface area contributed by atoms with Crippen molar-refractivity contribution in [1.29, 1.82) is 0 Å². The number of nitrogens with one attached hydrogen (secondary N) is 2. The monoisotopic (exact) mass is 340 g/mol. The van der Waals surface area contributed by atoms with Gasteiger partial charge in [-0.1, -0.05) is 30.3 Å². The van der Waals surface area contributed by atoms with Crippen LogP contribution >= 0.6 is 0 Å². The third-order valence-electron chi connectivity index (χ3n) is 3.60. The zero-order valence-corrected chi connectivity index (χ0v) is 15.3. The number of benzene rings is 2. The molecule has 2 rings (SSSR count). The number of nitrogens with zero attached hydrogens (tertiary/aromatic N) is 2. The summed E-state index contributed by atoms with van der Waals surface area (Å²) in [4.78, 5) is 6.74. The standard InChI is InChI=1S/C20H28N4O/c1-4-21-20(22-13-14-25-19-11-6-5-7-12-19)23-16-17-9-8-10-18(15-17)24(2)3/h5-12,15H,4,13-14,16H2,1-3H3,(H2,21,22,23). The van der Waals surface area contributed by atoms with Crippen LogP contribution in [-0.2, 0) is 6.54 Å². The molecule has 0 fully saturated rings. The van der Waals surface area contributed by atoms with Crippen LogP contribution in [0.3, 0.4) is 0 Å². The minimum absolute atomic E-state index is 0.588. The molecule has 0 aliphatic rings. The van der Waals surface area contributed by atoms with Crippen LogP contribution in [0.25, 0.3) is 0 Å². The third-order valence-corrected chi connectivity index (χ3v) is 3.60. The number of hydrogen-bond donors (Lipinski definition) is 2. The molecule has 0 unspecified atom stereocenters. The van der Waals surface area contributed by atoms with Crippen molar-refractivity contribution >= 4 is 11.6 Å². The zero-order chi connectivity index (χ0) is 17.9. The highest BCUT2D eigenvalue weighted by Gasteiger charge is 2.00. The van der Waals surface area contributed by atoms with Crippen molar-refractivity contribution < 1.29 is 4.74 Å². The number of hydrogen-bond acceptors (Lipinski definition) is 3. The van der Waals surface area contributed by atoms with E-state index in [1.807, 2.05) is 44.4 Å². The average molecular weight is 340 g/mol. The predicted molar refractivity (Wildman–Crippen MR) is 106 cm³/mol. The fourth-order valence-electron chi connectivity index (χ4n) is 2.30. The van der Waals surface area contributed by atoms with E-state index in [9.17, 15) is 0 Å². The molecule has 0 aliphatic carbocycles. The molecule has 0 aromatic heterocycles. The fourth-order valence-corrected chi connectivity index (χ4v) is 2.30. The molecule has 0 spiro atoms. The van der Waals surface area contributed by atoms with Gasteiger partial charge in [0.05, 0.1) is 13.1 Å². The Morgan fingerprint density at radius 2 is 1.84 bits per heavy atom. The second-order valence-corrected chi connectivity index (χ2v) is 5.85. The Balaban J connectivity index is 1.84. The summed E-state index contributed by atoms with van der Waals surface area (Å²) in [5.41, 5.74) is 2.37. The van der Waals surface area contributed by atoms with E-state index in [-0.39, 0.29) is 0 Å². The first-order valence-corrected chi connectivity index (χ1v) is 8.65. The second kappa shape index (κ2) is 10.2. The molecular weight excluding hydrogens is 312 g/mol. The third kappa shape index (κ3) is 6.75. The Hall–Kier alpha value is -2.69. The lowest BCUT2D eigenvalue weighted by atomic mass is 10.2. The number of aliphatic imine (C=N–C) groups is 1. The first-order valence-electron chi connectivity index (χ1n) is 8.65. The van der Waals surface area contributed by atoms with Crippen LogP contribution < -0.4 is 20.3 Å². The van der Waals surface area contributed by atoms with Crippen LogP contribution in [-0.4, -0.2) is 39.8 Å². The van der Waals surface area contributed by atoms with Crippen molar-refractivity contribution in [3.05, 3.63) is 60.2 Å². The molecular formula is C20H28N4O. The Bertz CT molecular complexity index is 656. The van der Waals surface area contributed by atoms with Crippen LogP contribution in [0.5, 0.6) is 5.75 Å². The number of rotatable bonds is 8. The fraction of sp³-hybridized carbons (Fsp3) is 0.350.